The maximum atomic E-state index is 14.0. The van der Waals surface area contributed by atoms with Gasteiger partial charge in [0.2, 0.25) is 5.91 Å². The molecule has 0 unspecified atom stereocenters. The van der Waals surface area contributed by atoms with Crippen molar-refractivity contribution in [3.63, 3.8) is 0 Å². The highest BCUT2D eigenvalue weighted by Gasteiger charge is 2.16. The van der Waals surface area contributed by atoms with Gasteiger partial charge in [0.05, 0.1) is 5.56 Å². The summed E-state index contributed by atoms with van der Waals surface area (Å²) in [6, 6.07) is 8.87. The van der Waals surface area contributed by atoms with Crippen molar-refractivity contribution in [1.29, 1.82) is 0 Å². The van der Waals surface area contributed by atoms with Gasteiger partial charge in [-0.2, -0.15) is 0 Å². The number of rotatable bonds is 9. The van der Waals surface area contributed by atoms with Crippen LogP contribution in [0.4, 0.5) is 10.1 Å². The first kappa shape index (κ1) is 23.1. The fourth-order valence-electron chi connectivity index (χ4n) is 2.38. The van der Waals surface area contributed by atoms with Gasteiger partial charge in [-0.1, -0.05) is 34.7 Å². The SMILES string of the molecule is C=CCOC(=O)COc1ccc(NC(C)=O)cc1C(=O)NCc1ccc(Br)cc1F. The van der Waals surface area contributed by atoms with Crippen LogP contribution in [0.2, 0.25) is 0 Å². The average Bonchev–Trinajstić information content (AvgIpc) is 2.69. The lowest BCUT2D eigenvalue weighted by molar-refractivity contribution is -0.144. The summed E-state index contributed by atoms with van der Waals surface area (Å²) in [6.07, 6.45) is 1.42. The number of hydrogen-bond donors (Lipinski definition) is 2. The van der Waals surface area contributed by atoms with Crippen LogP contribution >= 0.6 is 15.9 Å². The van der Waals surface area contributed by atoms with Crippen LogP contribution < -0.4 is 15.4 Å². The van der Waals surface area contributed by atoms with Gasteiger partial charge < -0.3 is 20.1 Å². The second kappa shape index (κ2) is 11.1. The average molecular weight is 479 g/mol. The van der Waals surface area contributed by atoms with Crippen LogP contribution in [-0.2, 0) is 20.9 Å². The van der Waals surface area contributed by atoms with E-state index in [4.69, 9.17) is 9.47 Å². The summed E-state index contributed by atoms with van der Waals surface area (Å²) in [5.74, 6) is -1.89. The molecule has 0 heterocycles. The minimum absolute atomic E-state index is 0.0375. The monoisotopic (exact) mass is 478 g/mol. The summed E-state index contributed by atoms with van der Waals surface area (Å²) >= 11 is 3.17. The topological polar surface area (TPSA) is 93.7 Å². The first-order chi connectivity index (χ1) is 14.3. The van der Waals surface area contributed by atoms with E-state index < -0.39 is 24.3 Å². The zero-order valence-electron chi connectivity index (χ0n) is 16.2. The molecule has 30 heavy (non-hydrogen) atoms. The molecule has 2 aromatic carbocycles. The number of nitrogens with one attached hydrogen (secondary N) is 2. The fraction of sp³-hybridized carbons (Fsp3) is 0.190. The van der Waals surface area contributed by atoms with E-state index in [1.807, 2.05) is 0 Å². The molecule has 0 fully saturated rings. The molecule has 2 N–H and O–H groups in total. The summed E-state index contributed by atoms with van der Waals surface area (Å²) < 4.78 is 24.8. The fourth-order valence-corrected chi connectivity index (χ4v) is 2.71. The Morgan fingerprint density at radius 1 is 1.20 bits per heavy atom. The van der Waals surface area contributed by atoms with Crippen LogP contribution in [-0.4, -0.2) is 31.0 Å². The smallest absolute Gasteiger partial charge is 0.344 e. The van der Waals surface area contributed by atoms with Gasteiger partial charge >= 0.3 is 5.97 Å². The van der Waals surface area contributed by atoms with Gasteiger partial charge in [0.1, 0.15) is 18.2 Å². The molecule has 0 saturated heterocycles. The Bertz CT molecular complexity index is 964. The van der Waals surface area contributed by atoms with Crippen LogP contribution in [0.15, 0.2) is 53.5 Å². The molecule has 0 aliphatic heterocycles. The van der Waals surface area contributed by atoms with E-state index in [0.717, 1.165) is 0 Å². The highest BCUT2D eigenvalue weighted by atomic mass is 79.9. The lowest BCUT2D eigenvalue weighted by atomic mass is 10.1. The molecule has 0 aliphatic rings. The number of esters is 1. The Labute approximate surface area is 181 Å². The quantitative estimate of drug-likeness (QED) is 0.424. The highest BCUT2D eigenvalue weighted by Crippen LogP contribution is 2.24. The van der Waals surface area contributed by atoms with Crippen molar-refractivity contribution in [2.24, 2.45) is 0 Å². The van der Waals surface area contributed by atoms with Crippen LogP contribution in [0.3, 0.4) is 0 Å². The molecule has 2 amide bonds. The predicted octanol–water partition coefficient (Wildman–Crippen LogP) is 3.58. The molecule has 0 bridgehead atoms. The van der Waals surface area contributed by atoms with Crippen molar-refractivity contribution in [3.05, 3.63) is 70.5 Å². The molecular formula is C21H20BrFN2O5. The molecule has 0 aromatic heterocycles. The van der Waals surface area contributed by atoms with E-state index in [2.05, 4.69) is 33.1 Å². The van der Waals surface area contributed by atoms with Crippen molar-refractivity contribution in [2.75, 3.05) is 18.5 Å². The summed E-state index contributed by atoms with van der Waals surface area (Å²) in [4.78, 5) is 35.7. The number of amides is 2. The molecule has 7 nitrogen and oxygen atoms in total. The summed E-state index contributed by atoms with van der Waals surface area (Å²) in [6.45, 7) is 4.32. The number of halogens is 2. The number of carbonyl (C=O) groups excluding carboxylic acids is 3. The van der Waals surface area contributed by atoms with Crippen molar-refractivity contribution in [3.8, 4) is 5.75 Å². The first-order valence-electron chi connectivity index (χ1n) is 8.83. The van der Waals surface area contributed by atoms with Crippen LogP contribution in [0, 0.1) is 5.82 Å². The van der Waals surface area contributed by atoms with Crippen LogP contribution in [0.25, 0.3) is 0 Å². The number of anilines is 1. The van der Waals surface area contributed by atoms with E-state index in [-0.39, 0.29) is 30.4 Å². The van der Waals surface area contributed by atoms with Gasteiger partial charge in [0, 0.05) is 29.2 Å². The van der Waals surface area contributed by atoms with E-state index in [9.17, 15) is 18.8 Å². The second-order valence-corrected chi connectivity index (χ2v) is 6.99. The third kappa shape index (κ3) is 7.00. The van der Waals surface area contributed by atoms with Crippen LogP contribution in [0.1, 0.15) is 22.8 Å². The molecular weight excluding hydrogens is 459 g/mol. The van der Waals surface area contributed by atoms with E-state index in [0.29, 0.717) is 15.7 Å². The molecule has 0 saturated carbocycles. The predicted molar refractivity (Wildman–Crippen MR) is 113 cm³/mol. The zero-order chi connectivity index (χ0) is 22.1. The van der Waals surface area contributed by atoms with Gasteiger partial charge in [0.25, 0.3) is 5.91 Å². The standard InChI is InChI=1S/C21H20BrFN2O5/c1-3-8-29-20(27)12-30-19-7-6-16(25-13(2)26)10-17(19)21(28)24-11-14-4-5-15(22)9-18(14)23/h3-7,9-10H,1,8,11-12H2,2H3,(H,24,28)(H,25,26). The molecule has 2 aromatic rings. The van der Waals surface area contributed by atoms with Crippen molar-refractivity contribution < 1.29 is 28.2 Å². The van der Waals surface area contributed by atoms with Gasteiger partial charge in [-0.15, -0.1) is 0 Å². The Hall–Kier alpha value is -3.20. The summed E-state index contributed by atoms with van der Waals surface area (Å²) in [5, 5.41) is 5.17. The lowest BCUT2D eigenvalue weighted by Gasteiger charge is -2.14. The summed E-state index contributed by atoms with van der Waals surface area (Å²) in [7, 11) is 0. The van der Waals surface area contributed by atoms with Gasteiger partial charge in [-0.05, 0) is 30.3 Å². The number of carbonyl (C=O) groups is 3. The highest BCUT2D eigenvalue weighted by molar-refractivity contribution is 9.10. The van der Waals surface area contributed by atoms with Crippen molar-refractivity contribution in [1.82, 2.24) is 5.32 Å². The molecule has 9 heteroatoms. The Morgan fingerprint density at radius 2 is 1.97 bits per heavy atom. The summed E-state index contributed by atoms with van der Waals surface area (Å²) in [5.41, 5.74) is 0.722. The minimum Gasteiger partial charge on any atom is -0.481 e. The first-order valence-corrected chi connectivity index (χ1v) is 9.62. The zero-order valence-corrected chi connectivity index (χ0v) is 17.8. The maximum Gasteiger partial charge on any atom is 0.344 e. The Morgan fingerprint density at radius 3 is 2.63 bits per heavy atom. The van der Waals surface area contributed by atoms with E-state index in [1.165, 1.54) is 37.3 Å². The Kier molecular flexibility index (Phi) is 8.54. The van der Waals surface area contributed by atoms with Crippen LogP contribution in [0.5, 0.6) is 5.75 Å². The molecule has 2 rings (SSSR count). The van der Waals surface area contributed by atoms with Gasteiger partial charge in [-0.3, -0.25) is 9.59 Å². The normalized spacial score (nSPS) is 10.1. The minimum atomic E-state index is -0.635. The lowest BCUT2D eigenvalue weighted by Crippen LogP contribution is -2.25. The molecule has 0 atom stereocenters. The van der Waals surface area contributed by atoms with Crippen molar-refractivity contribution in [2.45, 2.75) is 13.5 Å². The number of benzene rings is 2. The molecule has 0 spiro atoms. The van der Waals surface area contributed by atoms with Gasteiger partial charge in [-0.25, -0.2) is 9.18 Å². The van der Waals surface area contributed by atoms with E-state index >= 15 is 0 Å². The molecule has 158 valence electrons. The third-order valence-electron chi connectivity index (χ3n) is 3.71. The van der Waals surface area contributed by atoms with Gasteiger partial charge in [0.15, 0.2) is 6.61 Å². The molecule has 0 radical (unpaired) electrons. The number of hydrogen-bond acceptors (Lipinski definition) is 5. The Balaban J connectivity index is 2.17. The molecule has 0 aliphatic carbocycles. The maximum absolute atomic E-state index is 14.0. The largest absolute Gasteiger partial charge is 0.481 e. The van der Waals surface area contributed by atoms with Crippen molar-refractivity contribution >= 4 is 39.4 Å². The van der Waals surface area contributed by atoms with E-state index in [1.54, 1.807) is 12.1 Å². The number of ether oxygens (including phenoxy) is 2. The third-order valence-corrected chi connectivity index (χ3v) is 4.20. The second-order valence-electron chi connectivity index (χ2n) is 6.07.